The number of aliphatic hydroxyl groups excluding tert-OH is 1. The maximum atomic E-state index is 14.4. The van der Waals surface area contributed by atoms with Crippen LogP contribution in [0.3, 0.4) is 0 Å². The molecule has 2 aliphatic rings. The summed E-state index contributed by atoms with van der Waals surface area (Å²) >= 11 is 0. The third-order valence-electron chi connectivity index (χ3n) is 4.62. The van der Waals surface area contributed by atoms with Crippen LogP contribution in [0.4, 0.5) is 14.5 Å². The summed E-state index contributed by atoms with van der Waals surface area (Å²) in [6.07, 6.45) is 2.68. The fourth-order valence-corrected chi connectivity index (χ4v) is 3.75. The van der Waals surface area contributed by atoms with E-state index in [9.17, 15) is 13.9 Å². The van der Waals surface area contributed by atoms with Crippen LogP contribution in [0.1, 0.15) is 38.2 Å². The number of nitrogens with one attached hydrogen (secondary N) is 1. The first-order valence-electron chi connectivity index (χ1n) is 7.75. The first kappa shape index (κ1) is 14.7. The van der Waals surface area contributed by atoms with Crippen molar-refractivity contribution in [3.8, 4) is 0 Å². The summed E-state index contributed by atoms with van der Waals surface area (Å²) in [6, 6.07) is 2.96. The average molecular weight is 296 g/mol. The van der Waals surface area contributed by atoms with Crippen molar-refractivity contribution in [2.24, 2.45) is 0 Å². The van der Waals surface area contributed by atoms with E-state index in [1.165, 1.54) is 12.1 Å². The molecule has 5 heteroatoms. The fraction of sp³-hybridized carbons (Fsp3) is 0.625. The Morgan fingerprint density at radius 2 is 1.76 bits per heavy atom. The van der Waals surface area contributed by atoms with Crippen LogP contribution >= 0.6 is 0 Å². The minimum Gasteiger partial charge on any atom is -0.393 e. The number of aliphatic hydroxyl groups is 1. The van der Waals surface area contributed by atoms with Gasteiger partial charge in [-0.05, 0) is 49.9 Å². The predicted octanol–water partition coefficient (Wildman–Crippen LogP) is 2.57. The molecule has 0 saturated carbocycles. The molecule has 2 aliphatic heterocycles. The van der Waals surface area contributed by atoms with Crippen molar-refractivity contribution in [3.05, 3.63) is 29.3 Å². The topological polar surface area (TPSA) is 35.5 Å². The molecule has 2 bridgehead atoms. The molecule has 1 aromatic carbocycles. The van der Waals surface area contributed by atoms with Crippen molar-refractivity contribution in [1.82, 2.24) is 5.32 Å². The molecule has 2 N–H and O–H groups in total. The number of nitrogens with zero attached hydrogens (tertiary/aromatic N) is 1. The Hall–Kier alpha value is -1.20. The minimum atomic E-state index is -0.490. The highest BCUT2D eigenvalue weighted by atomic mass is 19.1. The molecule has 2 atom stereocenters. The Kier molecular flexibility index (Phi) is 4.13. The quantitative estimate of drug-likeness (QED) is 0.896. The maximum absolute atomic E-state index is 14.4. The molecule has 0 radical (unpaired) electrons. The fourth-order valence-electron chi connectivity index (χ4n) is 3.75. The zero-order valence-corrected chi connectivity index (χ0v) is 12.3. The Morgan fingerprint density at radius 3 is 2.29 bits per heavy atom. The number of fused-ring (bicyclic) bond motifs is 2. The molecular weight excluding hydrogens is 274 g/mol. The van der Waals surface area contributed by atoms with Crippen molar-refractivity contribution in [2.75, 3.05) is 11.4 Å². The molecule has 0 aromatic heterocycles. The van der Waals surface area contributed by atoms with Gasteiger partial charge in [0.05, 0.1) is 6.10 Å². The highest BCUT2D eigenvalue weighted by molar-refractivity contribution is 5.54. The first-order chi connectivity index (χ1) is 10.1. The molecule has 0 aliphatic carbocycles. The minimum absolute atomic E-state index is 0.0577. The molecule has 1 aromatic rings. The van der Waals surface area contributed by atoms with Gasteiger partial charge in [0, 0.05) is 18.6 Å². The van der Waals surface area contributed by atoms with Gasteiger partial charge in [-0.1, -0.05) is 6.92 Å². The van der Waals surface area contributed by atoms with Gasteiger partial charge >= 0.3 is 0 Å². The van der Waals surface area contributed by atoms with E-state index in [-0.39, 0.29) is 23.9 Å². The molecular formula is C16H22F2N2O. The van der Waals surface area contributed by atoms with E-state index < -0.39 is 11.6 Å². The van der Waals surface area contributed by atoms with Crippen LogP contribution in [-0.2, 0) is 6.54 Å². The van der Waals surface area contributed by atoms with E-state index in [4.69, 9.17) is 0 Å². The third kappa shape index (κ3) is 2.77. The normalized spacial score (nSPS) is 28.2. The molecule has 3 nitrogen and oxygen atoms in total. The van der Waals surface area contributed by atoms with E-state index in [1.807, 2.05) is 11.8 Å². The van der Waals surface area contributed by atoms with E-state index in [0.29, 0.717) is 24.9 Å². The van der Waals surface area contributed by atoms with Gasteiger partial charge in [-0.3, -0.25) is 0 Å². The van der Waals surface area contributed by atoms with Crippen molar-refractivity contribution in [1.29, 1.82) is 0 Å². The Morgan fingerprint density at radius 1 is 1.19 bits per heavy atom. The van der Waals surface area contributed by atoms with Gasteiger partial charge in [-0.2, -0.15) is 0 Å². The van der Waals surface area contributed by atoms with Gasteiger partial charge < -0.3 is 15.3 Å². The largest absolute Gasteiger partial charge is 0.393 e. The van der Waals surface area contributed by atoms with Gasteiger partial charge in [0.25, 0.3) is 0 Å². The summed E-state index contributed by atoms with van der Waals surface area (Å²) in [5, 5.41) is 12.9. The molecule has 2 fully saturated rings. The van der Waals surface area contributed by atoms with Crippen LogP contribution in [0.25, 0.3) is 0 Å². The molecule has 116 valence electrons. The number of hydrogen-bond acceptors (Lipinski definition) is 3. The van der Waals surface area contributed by atoms with E-state index in [0.717, 1.165) is 19.4 Å². The zero-order chi connectivity index (χ0) is 15.0. The summed E-state index contributed by atoms with van der Waals surface area (Å²) in [6.45, 7) is 3.19. The zero-order valence-electron chi connectivity index (χ0n) is 12.3. The molecule has 2 saturated heterocycles. The van der Waals surface area contributed by atoms with Crippen molar-refractivity contribution in [3.63, 3.8) is 0 Å². The summed E-state index contributed by atoms with van der Waals surface area (Å²) in [5.41, 5.74) is 0.717. The number of hydrogen-bond donors (Lipinski definition) is 2. The number of halogens is 2. The van der Waals surface area contributed by atoms with E-state index in [1.54, 1.807) is 0 Å². The van der Waals surface area contributed by atoms with Crippen LogP contribution in [0, 0.1) is 11.6 Å². The second kappa shape index (κ2) is 5.89. The summed E-state index contributed by atoms with van der Waals surface area (Å²) in [4.78, 5) is 1.87. The summed E-state index contributed by atoms with van der Waals surface area (Å²) < 4.78 is 28.8. The number of benzene rings is 1. The average Bonchev–Trinajstić information content (AvgIpc) is 2.68. The first-order valence-corrected chi connectivity index (χ1v) is 7.75. The monoisotopic (exact) mass is 296 g/mol. The van der Waals surface area contributed by atoms with Gasteiger partial charge in [-0.15, -0.1) is 0 Å². The van der Waals surface area contributed by atoms with Crippen LogP contribution in [0.5, 0.6) is 0 Å². The van der Waals surface area contributed by atoms with Crippen molar-refractivity contribution in [2.45, 2.75) is 57.3 Å². The van der Waals surface area contributed by atoms with E-state index >= 15 is 0 Å². The second-order valence-corrected chi connectivity index (χ2v) is 6.11. The van der Waals surface area contributed by atoms with Gasteiger partial charge in [0.2, 0.25) is 0 Å². The number of rotatable bonds is 4. The Balaban J connectivity index is 1.89. The Bertz CT molecular complexity index is 486. The lowest BCUT2D eigenvalue weighted by atomic mass is 9.98. The molecule has 21 heavy (non-hydrogen) atoms. The van der Waals surface area contributed by atoms with Gasteiger partial charge in [0.1, 0.15) is 17.3 Å². The molecule has 2 unspecified atom stereocenters. The molecule has 0 amide bonds. The SMILES string of the molecule is CCNCc1cc(F)c(N2C3CCC2CC(O)C3)c(F)c1. The van der Waals surface area contributed by atoms with Crippen molar-refractivity contribution >= 4 is 5.69 Å². The molecule has 3 rings (SSSR count). The molecule has 0 spiro atoms. The summed E-state index contributed by atoms with van der Waals surface area (Å²) in [7, 11) is 0. The maximum Gasteiger partial charge on any atom is 0.149 e. The third-order valence-corrected chi connectivity index (χ3v) is 4.62. The Labute approximate surface area is 124 Å². The van der Waals surface area contributed by atoms with Crippen LogP contribution in [-0.4, -0.2) is 29.8 Å². The standard InChI is InChI=1S/C16H22F2N2O/c1-2-19-9-10-5-14(17)16(15(18)6-10)20-11-3-4-12(20)8-13(21)7-11/h5-6,11-13,19,21H,2-4,7-9H2,1H3. The molecule has 2 heterocycles. The number of anilines is 1. The predicted molar refractivity (Wildman–Crippen MR) is 78.3 cm³/mol. The second-order valence-electron chi connectivity index (χ2n) is 6.11. The smallest absolute Gasteiger partial charge is 0.149 e. The number of piperidine rings is 1. The van der Waals surface area contributed by atoms with Crippen LogP contribution in [0.15, 0.2) is 12.1 Å². The van der Waals surface area contributed by atoms with Gasteiger partial charge in [-0.25, -0.2) is 8.78 Å². The highest BCUT2D eigenvalue weighted by Crippen LogP contribution is 2.41. The van der Waals surface area contributed by atoms with Crippen LogP contribution in [0.2, 0.25) is 0 Å². The lowest BCUT2D eigenvalue weighted by Crippen LogP contribution is -2.45. The van der Waals surface area contributed by atoms with E-state index in [2.05, 4.69) is 5.32 Å². The lowest BCUT2D eigenvalue weighted by Gasteiger charge is -2.39. The highest BCUT2D eigenvalue weighted by Gasteiger charge is 2.42. The van der Waals surface area contributed by atoms with Crippen LogP contribution < -0.4 is 10.2 Å². The van der Waals surface area contributed by atoms with Crippen molar-refractivity contribution < 1.29 is 13.9 Å². The lowest BCUT2D eigenvalue weighted by molar-refractivity contribution is 0.125. The van der Waals surface area contributed by atoms with Gasteiger partial charge in [0.15, 0.2) is 0 Å². The summed E-state index contributed by atoms with van der Waals surface area (Å²) in [5.74, 6) is -0.979.